The highest BCUT2D eigenvalue weighted by atomic mass is 32.1. The number of fused-ring (bicyclic) bond motifs is 1. The van der Waals surface area contributed by atoms with Crippen molar-refractivity contribution in [1.82, 2.24) is 25.4 Å². The highest BCUT2D eigenvalue weighted by molar-refractivity contribution is 7.13. The van der Waals surface area contributed by atoms with E-state index in [1.807, 2.05) is 46.5 Å². The molecule has 0 unspecified atom stereocenters. The van der Waals surface area contributed by atoms with Crippen LogP contribution in [0.5, 0.6) is 0 Å². The minimum absolute atomic E-state index is 0.0333. The zero-order valence-electron chi connectivity index (χ0n) is 13.7. The predicted molar refractivity (Wildman–Crippen MR) is 97.0 cm³/mol. The quantitative estimate of drug-likeness (QED) is 0.736. The minimum atomic E-state index is -0.0333. The van der Waals surface area contributed by atoms with Crippen LogP contribution < -0.4 is 10.6 Å². The molecule has 2 aromatic heterocycles. The fourth-order valence-electron chi connectivity index (χ4n) is 2.86. The van der Waals surface area contributed by atoms with Gasteiger partial charge in [0, 0.05) is 24.0 Å². The Bertz CT molecular complexity index is 847. The molecule has 3 heterocycles. The van der Waals surface area contributed by atoms with E-state index in [0.717, 1.165) is 41.6 Å². The number of hydrogen-bond acceptors (Lipinski definition) is 5. The third-order valence-corrected chi connectivity index (χ3v) is 5.04. The van der Waals surface area contributed by atoms with E-state index in [-0.39, 0.29) is 5.91 Å². The summed E-state index contributed by atoms with van der Waals surface area (Å²) >= 11 is 1.56. The average Bonchev–Trinajstić information content (AvgIpc) is 3.27. The van der Waals surface area contributed by atoms with Gasteiger partial charge >= 0.3 is 0 Å². The maximum Gasteiger partial charge on any atom is 0.226 e. The Labute approximate surface area is 149 Å². The summed E-state index contributed by atoms with van der Waals surface area (Å²) in [4.78, 5) is 16.7. The molecule has 4 rings (SSSR count). The van der Waals surface area contributed by atoms with Gasteiger partial charge in [-0.1, -0.05) is 30.3 Å². The summed E-state index contributed by atoms with van der Waals surface area (Å²) in [5.41, 5.74) is 3.95. The van der Waals surface area contributed by atoms with Crippen LogP contribution >= 0.6 is 11.3 Å². The molecular formula is C18H19N5OS. The van der Waals surface area contributed by atoms with Crippen molar-refractivity contribution in [1.29, 1.82) is 0 Å². The van der Waals surface area contributed by atoms with E-state index >= 15 is 0 Å². The third kappa shape index (κ3) is 3.78. The number of carbonyl (C=O) groups is 1. The van der Waals surface area contributed by atoms with Crippen molar-refractivity contribution in [3.63, 3.8) is 0 Å². The van der Waals surface area contributed by atoms with Crippen molar-refractivity contribution >= 4 is 17.2 Å². The lowest BCUT2D eigenvalue weighted by Gasteiger charge is -2.13. The minimum Gasteiger partial charge on any atom is -0.350 e. The third-order valence-electron chi connectivity index (χ3n) is 4.10. The molecule has 1 aliphatic heterocycles. The molecule has 0 saturated carbocycles. The molecule has 25 heavy (non-hydrogen) atoms. The largest absolute Gasteiger partial charge is 0.350 e. The number of carbonyl (C=O) groups excluding carboxylic acids is 1. The van der Waals surface area contributed by atoms with Crippen LogP contribution in [-0.2, 0) is 30.8 Å². The maximum atomic E-state index is 12.2. The van der Waals surface area contributed by atoms with Crippen LogP contribution in [0.4, 0.5) is 0 Å². The van der Waals surface area contributed by atoms with Gasteiger partial charge in [-0.25, -0.2) is 4.98 Å². The summed E-state index contributed by atoms with van der Waals surface area (Å²) in [5, 5.41) is 13.7. The van der Waals surface area contributed by atoms with Gasteiger partial charge < -0.3 is 10.6 Å². The number of thiazole rings is 1. The van der Waals surface area contributed by atoms with Crippen molar-refractivity contribution in [3.8, 4) is 10.6 Å². The van der Waals surface area contributed by atoms with Crippen LogP contribution in [0.3, 0.4) is 0 Å². The molecule has 0 fully saturated rings. The maximum absolute atomic E-state index is 12.2. The summed E-state index contributed by atoms with van der Waals surface area (Å²) in [6.45, 7) is 3.11. The molecule has 0 saturated heterocycles. The van der Waals surface area contributed by atoms with Gasteiger partial charge in [-0.2, -0.15) is 5.10 Å². The molecule has 128 valence electrons. The van der Waals surface area contributed by atoms with E-state index in [1.54, 1.807) is 11.3 Å². The molecule has 7 heteroatoms. The first kappa shape index (κ1) is 16.0. The second-order valence-corrected chi connectivity index (χ2v) is 6.85. The Morgan fingerprint density at radius 1 is 1.28 bits per heavy atom. The Hall–Kier alpha value is -2.51. The predicted octanol–water partition coefficient (Wildman–Crippen LogP) is 1.97. The molecule has 0 atom stereocenters. The van der Waals surface area contributed by atoms with Gasteiger partial charge in [0.25, 0.3) is 0 Å². The van der Waals surface area contributed by atoms with E-state index in [2.05, 4.69) is 20.7 Å². The number of benzene rings is 1. The first-order valence-electron chi connectivity index (χ1n) is 8.31. The fraction of sp³-hybridized carbons (Fsp3) is 0.278. The zero-order chi connectivity index (χ0) is 17.1. The van der Waals surface area contributed by atoms with Crippen molar-refractivity contribution in [3.05, 3.63) is 58.9 Å². The molecule has 0 spiro atoms. The standard InChI is InChI=1S/C18H19N5OS/c24-17(20-10-14-8-16-11-19-6-7-23(16)22-14)9-15-12-25-18(21-15)13-4-2-1-3-5-13/h1-5,8,12,19H,6-7,9-11H2,(H,20,24). The summed E-state index contributed by atoms with van der Waals surface area (Å²) in [6.07, 6.45) is 0.290. The molecule has 1 amide bonds. The van der Waals surface area contributed by atoms with Gasteiger partial charge in [0.1, 0.15) is 5.01 Å². The van der Waals surface area contributed by atoms with Crippen LogP contribution in [0.1, 0.15) is 17.1 Å². The average molecular weight is 353 g/mol. The molecule has 0 aliphatic carbocycles. The van der Waals surface area contributed by atoms with Gasteiger partial charge in [-0.15, -0.1) is 11.3 Å². The molecule has 0 bridgehead atoms. The Balaban J connectivity index is 1.33. The van der Waals surface area contributed by atoms with Crippen LogP contribution in [0.25, 0.3) is 10.6 Å². The number of nitrogens with zero attached hydrogens (tertiary/aromatic N) is 3. The van der Waals surface area contributed by atoms with Crippen LogP contribution in [0, 0.1) is 0 Å². The lowest BCUT2D eigenvalue weighted by molar-refractivity contribution is -0.120. The number of amides is 1. The van der Waals surface area contributed by atoms with E-state index < -0.39 is 0 Å². The summed E-state index contributed by atoms with van der Waals surface area (Å²) in [5.74, 6) is -0.0333. The highest BCUT2D eigenvalue weighted by Crippen LogP contribution is 2.23. The van der Waals surface area contributed by atoms with Gasteiger partial charge in [-0.3, -0.25) is 9.48 Å². The molecule has 0 radical (unpaired) electrons. The Morgan fingerprint density at radius 2 is 2.16 bits per heavy atom. The first-order valence-corrected chi connectivity index (χ1v) is 9.19. The molecule has 2 N–H and O–H groups in total. The molecule has 1 aliphatic rings. The zero-order valence-corrected chi connectivity index (χ0v) is 14.6. The SMILES string of the molecule is O=C(Cc1csc(-c2ccccc2)n1)NCc1cc2n(n1)CCNC2. The summed E-state index contributed by atoms with van der Waals surface area (Å²) in [7, 11) is 0. The first-order chi connectivity index (χ1) is 12.3. The van der Waals surface area contributed by atoms with Gasteiger partial charge in [0.05, 0.1) is 36.6 Å². The normalized spacial score (nSPS) is 13.4. The second-order valence-electron chi connectivity index (χ2n) is 5.99. The van der Waals surface area contributed by atoms with E-state index in [9.17, 15) is 4.79 Å². The van der Waals surface area contributed by atoms with Crippen LogP contribution in [-0.4, -0.2) is 27.2 Å². The second kappa shape index (κ2) is 7.16. The van der Waals surface area contributed by atoms with Crippen molar-refractivity contribution in [2.24, 2.45) is 0 Å². The number of hydrogen-bond donors (Lipinski definition) is 2. The summed E-state index contributed by atoms with van der Waals surface area (Å²) < 4.78 is 2.00. The van der Waals surface area contributed by atoms with Gasteiger partial charge in [-0.05, 0) is 6.07 Å². The topological polar surface area (TPSA) is 71.8 Å². The van der Waals surface area contributed by atoms with E-state index in [0.29, 0.717) is 13.0 Å². The number of aromatic nitrogens is 3. The number of nitrogens with one attached hydrogen (secondary N) is 2. The molecular weight excluding hydrogens is 334 g/mol. The molecule has 3 aromatic rings. The van der Waals surface area contributed by atoms with Crippen molar-refractivity contribution in [2.45, 2.75) is 26.1 Å². The van der Waals surface area contributed by atoms with Crippen LogP contribution in [0.15, 0.2) is 41.8 Å². The molecule has 1 aromatic carbocycles. The Kier molecular flexibility index (Phi) is 4.58. The molecule has 6 nitrogen and oxygen atoms in total. The Morgan fingerprint density at radius 3 is 3.00 bits per heavy atom. The van der Waals surface area contributed by atoms with E-state index in [4.69, 9.17) is 0 Å². The van der Waals surface area contributed by atoms with Gasteiger partial charge in [0.2, 0.25) is 5.91 Å². The highest BCUT2D eigenvalue weighted by Gasteiger charge is 2.13. The van der Waals surface area contributed by atoms with Crippen molar-refractivity contribution < 1.29 is 4.79 Å². The lowest BCUT2D eigenvalue weighted by atomic mass is 10.2. The lowest BCUT2D eigenvalue weighted by Crippen LogP contribution is -2.28. The van der Waals surface area contributed by atoms with Crippen molar-refractivity contribution in [2.75, 3.05) is 6.54 Å². The van der Waals surface area contributed by atoms with Gasteiger partial charge in [0.15, 0.2) is 0 Å². The monoisotopic (exact) mass is 353 g/mol. The smallest absolute Gasteiger partial charge is 0.226 e. The van der Waals surface area contributed by atoms with Crippen LogP contribution in [0.2, 0.25) is 0 Å². The summed E-state index contributed by atoms with van der Waals surface area (Å²) in [6, 6.07) is 12.1. The van der Waals surface area contributed by atoms with E-state index in [1.165, 1.54) is 5.69 Å². The fourth-order valence-corrected chi connectivity index (χ4v) is 3.68. The number of rotatable bonds is 5.